The van der Waals surface area contributed by atoms with Crippen molar-refractivity contribution in [2.24, 2.45) is 0 Å². The van der Waals surface area contributed by atoms with Crippen LogP contribution in [-0.2, 0) is 10.1 Å². The van der Waals surface area contributed by atoms with E-state index in [9.17, 15) is 8.42 Å². The van der Waals surface area contributed by atoms with E-state index in [1.807, 2.05) is 0 Å². The molecule has 2 aromatic rings. The minimum absolute atomic E-state index is 0.0922. The zero-order valence-corrected chi connectivity index (χ0v) is 13.0. The van der Waals surface area contributed by atoms with Crippen molar-refractivity contribution in [3.63, 3.8) is 0 Å². The lowest BCUT2D eigenvalue weighted by Gasteiger charge is -2.08. The van der Waals surface area contributed by atoms with E-state index in [1.165, 1.54) is 6.07 Å². The van der Waals surface area contributed by atoms with Gasteiger partial charge in [0.1, 0.15) is 10.6 Å². The first-order valence-electron chi connectivity index (χ1n) is 4.93. The molecule has 0 saturated heterocycles. The summed E-state index contributed by atoms with van der Waals surface area (Å²) in [6.45, 7) is 0. The standard InChI is InChI=1S/C12H8Br2O3S/c13-9-6-7-12(11(14)8-9)18(15,16)17-10-4-2-1-3-5-10/h1-8H. The predicted octanol–water partition coefficient (Wildman–Crippen LogP) is 3.98. The molecule has 2 aromatic carbocycles. The van der Waals surface area contributed by atoms with Crippen LogP contribution in [0.4, 0.5) is 0 Å². The SMILES string of the molecule is O=S(=O)(Oc1ccccc1)c1ccc(Br)cc1Br. The molecule has 0 radical (unpaired) electrons. The van der Waals surface area contributed by atoms with Crippen LogP contribution in [0.2, 0.25) is 0 Å². The first-order valence-corrected chi connectivity index (χ1v) is 7.93. The van der Waals surface area contributed by atoms with Crippen molar-refractivity contribution in [3.8, 4) is 5.75 Å². The van der Waals surface area contributed by atoms with Gasteiger partial charge in [-0.1, -0.05) is 34.1 Å². The van der Waals surface area contributed by atoms with E-state index in [0.717, 1.165) is 4.47 Å². The maximum Gasteiger partial charge on any atom is 0.340 e. The molecule has 0 bridgehead atoms. The Hall–Kier alpha value is -0.850. The number of benzene rings is 2. The normalized spacial score (nSPS) is 11.2. The van der Waals surface area contributed by atoms with Crippen LogP contribution < -0.4 is 4.18 Å². The summed E-state index contributed by atoms with van der Waals surface area (Å²) in [6, 6.07) is 13.2. The number of halogens is 2. The molecule has 0 aliphatic carbocycles. The number of hydrogen-bond donors (Lipinski definition) is 0. The van der Waals surface area contributed by atoms with Crippen LogP contribution >= 0.6 is 31.9 Å². The van der Waals surface area contributed by atoms with Gasteiger partial charge in [-0.2, -0.15) is 8.42 Å². The van der Waals surface area contributed by atoms with Gasteiger partial charge in [0.05, 0.1) is 0 Å². The summed E-state index contributed by atoms with van der Waals surface area (Å²) in [6.07, 6.45) is 0. The lowest BCUT2D eigenvalue weighted by atomic mass is 10.3. The van der Waals surface area contributed by atoms with Gasteiger partial charge in [-0.15, -0.1) is 0 Å². The minimum atomic E-state index is -3.83. The molecule has 94 valence electrons. The molecule has 18 heavy (non-hydrogen) atoms. The highest BCUT2D eigenvalue weighted by Crippen LogP contribution is 2.27. The van der Waals surface area contributed by atoms with Crippen LogP contribution in [0.3, 0.4) is 0 Å². The molecule has 0 aliphatic rings. The Morgan fingerprint density at radius 2 is 1.61 bits per heavy atom. The van der Waals surface area contributed by atoms with E-state index in [4.69, 9.17) is 4.18 Å². The van der Waals surface area contributed by atoms with Crippen molar-refractivity contribution in [1.82, 2.24) is 0 Å². The van der Waals surface area contributed by atoms with Gasteiger partial charge in [-0.25, -0.2) is 0 Å². The molecule has 6 heteroatoms. The molecule has 0 aromatic heterocycles. The topological polar surface area (TPSA) is 43.4 Å². The van der Waals surface area contributed by atoms with Crippen molar-refractivity contribution in [3.05, 3.63) is 57.5 Å². The summed E-state index contributed by atoms with van der Waals surface area (Å²) >= 11 is 6.47. The Labute approximate surface area is 122 Å². The minimum Gasteiger partial charge on any atom is -0.379 e. The van der Waals surface area contributed by atoms with Gasteiger partial charge >= 0.3 is 10.1 Å². The smallest absolute Gasteiger partial charge is 0.340 e. The van der Waals surface area contributed by atoms with E-state index in [2.05, 4.69) is 31.9 Å². The van der Waals surface area contributed by atoms with Crippen molar-refractivity contribution < 1.29 is 12.6 Å². The van der Waals surface area contributed by atoms with Crippen molar-refractivity contribution in [2.45, 2.75) is 4.90 Å². The van der Waals surface area contributed by atoms with Crippen LogP contribution in [-0.4, -0.2) is 8.42 Å². The van der Waals surface area contributed by atoms with Crippen LogP contribution in [0, 0.1) is 0 Å². The molecule has 0 N–H and O–H groups in total. The van der Waals surface area contributed by atoms with Gasteiger partial charge < -0.3 is 4.18 Å². The molecule has 2 rings (SSSR count). The van der Waals surface area contributed by atoms with Crippen LogP contribution in [0.25, 0.3) is 0 Å². The average molecular weight is 392 g/mol. The fourth-order valence-electron chi connectivity index (χ4n) is 1.33. The van der Waals surface area contributed by atoms with Crippen molar-refractivity contribution >= 4 is 42.0 Å². The average Bonchev–Trinajstić information content (AvgIpc) is 2.29. The van der Waals surface area contributed by atoms with Gasteiger partial charge in [-0.05, 0) is 46.3 Å². The molecular weight excluding hydrogens is 384 g/mol. The Kier molecular flexibility index (Phi) is 4.09. The van der Waals surface area contributed by atoms with Gasteiger partial charge in [0.15, 0.2) is 0 Å². The van der Waals surface area contributed by atoms with E-state index < -0.39 is 10.1 Å². The first kappa shape index (κ1) is 13.6. The van der Waals surface area contributed by atoms with Gasteiger partial charge in [0, 0.05) is 8.95 Å². The Morgan fingerprint density at radius 1 is 0.944 bits per heavy atom. The predicted molar refractivity (Wildman–Crippen MR) is 76.1 cm³/mol. The zero-order chi connectivity index (χ0) is 13.2. The molecule has 0 unspecified atom stereocenters. The lowest BCUT2D eigenvalue weighted by Crippen LogP contribution is -2.10. The first-order chi connectivity index (χ1) is 8.49. The summed E-state index contributed by atoms with van der Waals surface area (Å²) in [5.74, 6) is 0.285. The molecular formula is C12H8Br2O3S. The molecule has 0 saturated carbocycles. The second-order valence-electron chi connectivity index (χ2n) is 3.43. The summed E-state index contributed by atoms with van der Waals surface area (Å²) in [4.78, 5) is 0.0922. The lowest BCUT2D eigenvalue weighted by molar-refractivity contribution is 0.485. The third kappa shape index (κ3) is 3.13. The molecule has 0 fully saturated rings. The summed E-state index contributed by atoms with van der Waals surface area (Å²) in [5, 5.41) is 0. The zero-order valence-electron chi connectivity index (χ0n) is 9.01. The van der Waals surface area contributed by atoms with Crippen molar-refractivity contribution in [1.29, 1.82) is 0 Å². The maximum atomic E-state index is 12.1. The summed E-state index contributed by atoms with van der Waals surface area (Å²) < 4.78 is 30.4. The van der Waals surface area contributed by atoms with Gasteiger partial charge in [0.2, 0.25) is 0 Å². The second kappa shape index (κ2) is 5.42. The summed E-state index contributed by atoms with van der Waals surface area (Å²) in [5.41, 5.74) is 0. The number of hydrogen-bond acceptors (Lipinski definition) is 3. The Bertz CT molecular complexity index is 654. The third-order valence-electron chi connectivity index (χ3n) is 2.11. The Morgan fingerprint density at radius 3 is 2.22 bits per heavy atom. The van der Waals surface area contributed by atoms with Gasteiger partial charge in [-0.3, -0.25) is 0 Å². The molecule has 3 nitrogen and oxygen atoms in total. The molecule has 0 aliphatic heterocycles. The fraction of sp³-hybridized carbons (Fsp3) is 0. The molecule has 0 spiro atoms. The highest BCUT2D eigenvalue weighted by Gasteiger charge is 2.19. The van der Waals surface area contributed by atoms with Gasteiger partial charge in [0.25, 0.3) is 0 Å². The van der Waals surface area contributed by atoms with Crippen LogP contribution in [0.15, 0.2) is 62.4 Å². The largest absolute Gasteiger partial charge is 0.379 e. The van der Waals surface area contributed by atoms with Crippen LogP contribution in [0.1, 0.15) is 0 Å². The fourth-order valence-corrected chi connectivity index (χ4v) is 3.95. The van der Waals surface area contributed by atoms with E-state index in [0.29, 0.717) is 4.47 Å². The highest BCUT2D eigenvalue weighted by molar-refractivity contribution is 9.11. The molecule has 0 atom stereocenters. The monoisotopic (exact) mass is 390 g/mol. The van der Waals surface area contributed by atoms with E-state index >= 15 is 0 Å². The molecule has 0 heterocycles. The van der Waals surface area contributed by atoms with E-state index in [-0.39, 0.29) is 10.6 Å². The number of rotatable bonds is 3. The van der Waals surface area contributed by atoms with E-state index in [1.54, 1.807) is 42.5 Å². The summed E-state index contributed by atoms with van der Waals surface area (Å²) in [7, 11) is -3.83. The second-order valence-corrected chi connectivity index (χ2v) is 6.71. The number of para-hydroxylation sites is 1. The quantitative estimate of drug-likeness (QED) is 0.743. The maximum absolute atomic E-state index is 12.1. The Balaban J connectivity index is 2.37. The third-order valence-corrected chi connectivity index (χ3v) is 4.83. The highest BCUT2D eigenvalue weighted by atomic mass is 79.9. The van der Waals surface area contributed by atoms with Crippen LogP contribution in [0.5, 0.6) is 5.75 Å². The van der Waals surface area contributed by atoms with Crippen molar-refractivity contribution in [2.75, 3.05) is 0 Å². The molecule has 0 amide bonds.